The van der Waals surface area contributed by atoms with Gasteiger partial charge in [-0.3, -0.25) is 0 Å². The molecule has 0 aliphatic carbocycles. The Morgan fingerprint density at radius 2 is 1.79 bits per heavy atom. The summed E-state index contributed by atoms with van der Waals surface area (Å²) in [5.74, 6) is 0.516. The van der Waals surface area contributed by atoms with Crippen molar-refractivity contribution in [1.29, 1.82) is 0 Å². The number of fused-ring (bicyclic) bond motifs is 1. The molecule has 3 rings (SSSR count). The number of rotatable bonds is 3. The van der Waals surface area contributed by atoms with Gasteiger partial charge in [-0.15, -0.1) is 0 Å². The predicted octanol–water partition coefficient (Wildman–Crippen LogP) is 2.48. The van der Waals surface area contributed by atoms with E-state index in [0.29, 0.717) is 5.82 Å². The van der Waals surface area contributed by atoms with Crippen molar-refractivity contribution >= 4 is 17.9 Å². The molecule has 19 heavy (non-hydrogen) atoms. The zero-order valence-electron chi connectivity index (χ0n) is 9.88. The van der Waals surface area contributed by atoms with E-state index in [4.69, 9.17) is 0 Å². The second-order valence-electron chi connectivity index (χ2n) is 3.83. The van der Waals surface area contributed by atoms with Crippen LogP contribution in [0.15, 0.2) is 54.7 Å². The Kier molecular flexibility index (Phi) is 4.10. The Morgan fingerprint density at radius 1 is 1.05 bits per heavy atom. The normalized spacial score (nSPS) is 9.89. The van der Waals surface area contributed by atoms with Crippen LogP contribution in [0.25, 0.3) is 16.9 Å². The molecule has 0 saturated carbocycles. The summed E-state index contributed by atoms with van der Waals surface area (Å²) >= 11 is 0. The number of anilines is 1. The van der Waals surface area contributed by atoms with Crippen molar-refractivity contribution < 1.29 is 25.2 Å². The summed E-state index contributed by atoms with van der Waals surface area (Å²) in [7, 11) is 0. The van der Waals surface area contributed by atoms with Crippen molar-refractivity contribution in [2.45, 2.75) is 0 Å². The predicted molar refractivity (Wildman–Crippen MR) is 69.9 cm³/mol. The van der Waals surface area contributed by atoms with Crippen LogP contribution >= 0.6 is 0 Å². The standard InChI is InChI=1S/C14H10N3O.Re/c18-10-15-14-13(11-6-2-1-3-7-11)17-9-5-4-8-12(17)16-14;/h1-9H,(H,15,18);/q-1;. The third-order valence-electron chi connectivity index (χ3n) is 2.75. The van der Waals surface area contributed by atoms with Crippen LogP contribution in [0.4, 0.5) is 5.82 Å². The second-order valence-corrected chi connectivity index (χ2v) is 3.83. The molecule has 1 amide bonds. The minimum Gasteiger partial charge on any atom is -0.474 e. The fraction of sp³-hybridized carbons (Fsp3) is 0. The summed E-state index contributed by atoms with van der Waals surface area (Å²) in [6.45, 7) is 0. The van der Waals surface area contributed by atoms with Gasteiger partial charge in [-0.2, -0.15) is 0 Å². The monoisotopic (exact) mass is 423 g/mol. The smallest absolute Gasteiger partial charge is 0.119 e. The quantitative estimate of drug-likeness (QED) is 0.521. The van der Waals surface area contributed by atoms with Gasteiger partial charge in [0.05, 0.1) is 6.41 Å². The van der Waals surface area contributed by atoms with Crippen LogP contribution in [0.5, 0.6) is 0 Å². The molecule has 0 saturated heterocycles. The maximum atomic E-state index is 10.5. The first-order chi connectivity index (χ1) is 8.90. The summed E-state index contributed by atoms with van der Waals surface area (Å²) in [4.78, 5) is 14.9. The molecule has 0 bridgehead atoms. The topological polar surface area (TPSA) is 46.4 Å². The van der Waals surface area contributed by atoms with Crippen LogP contribution in [0.3, 0.4) is 0 Å². The Bertz CT molecular complexity index is 694. The minimum atomic E-state index is 0. The molecule has 0 aliphatic rings. The average Bonchev–Trinajstić information content (AvgIpc) is 2.78. The summed E-state index contributed by atoms with van der Waals surface area (Å²) in [6.07, 6.45) is 3.60. The second kappa shape index (κ2) is 5.79. The number of nitrogens with zero attached hydrogens (tertiary/aromatic N) is 2. The van der Waals surface area contributed by atoms with Crippen molar-refractivity contribution in [2.75, 3.05) is 5.32 Å². The van der Waals surface area contributed by atoms with Crippen molar-refractivity contribution in [3.8, 4) is 11.3 Å². The van der Waals surface area contributed by atoms with E-state index in [0.717, 1.165) is 16.9 Å². The molecular formula is C14H10N3ORe-. The molecule has 3 aromatic rings. The first-order valence-electron chi connectivity index (χ1n) is 5.56. The summed E-state index contributed by atoms with van der Waals surface area (Å²) in [5, 5.41) is 2.53. The first-order valence-corrected chi connectivity index (χ1v) is 5.56. The van der Waals surface area contributed by atoms with E-state index in [1.54, 1.807) is 6.41 Å². The molecule has 1 aromatic carbocycles. The van der Waals surface area contributed by atoms with E-state index in [2.05, 4.69) is 10.3 Å². The molecule has 1 N–H and O–H groups in total. The average molecular weight is 422 g/mol. The number of amides is 1. The van der Waals surface area contributed by atoms with E-state index in [9.17, 15) is 4.79 Å². The van der Waals surface area contributed by atoms with Gasteiger partial charge in [0.25, 0.3) is 0 Å². The van der Waals surface area contributed by atoms with Gasteiger partial charge in [0, 0.05) is 38.1 Å². The van der Waals surface area contributed by atoms with Crippen LogP contribution in [0, 0.1) is 0 Å². The molecule has 2 aromatic heterocycles. The van der Waals surface area contributed by atoms with Crippen LogP contribution in [0.1, 0.15) is 0 Å². The van der Waals surface area contributed by atoms with Crippen molar-refractivity contribution in [3.63, 3.8) is 0 Å². The van der Waals surface area contributed by atoms with Crippen LogP contribution < -0.4 is 5.32 Å². The third kappa shape index (κ3) is 2.44. The number of nitrogens with one attached hydrogen (secondary N) is 1. The van der Waals surface area contributed by atoms with Crippen molar-refractivity contribution in [1.82, 2.24) is 9.38 Å². The van der Waals surface area contributed by atoms with E-state index in [1.807, 2.05) is 59.1 Å². The van der Waals surface area contributed by atoms with Gasteiger partial charge in [-0.1, -0.05) is 36.4 Å². The molecular weight excluding hydrogens is 412 g/mol. The maximum absolute atomic E-state index is 10.5. The van der Waals surface area contributed by atoms with Gasteiger partial charge in [-0.25, -0.2) is 0 Å². The van der Waals surface area contributed by atoms with E-state index in [1.165, 1.54) is 0 Å². The van der Waals surface area contributed by atoms with Crippen molar-refractivity contribution in [3.05, 3.63) is 54.7 Å². The maximum Gasteiger partial charge on any atom is 0.119 e. The number of aromatic nitrogens is 2. The Labute approximate surface area is 124 Å². The summed E-state index contributed by atoms with van der Waals surface area (Å²) in [5.41, 5.74) is 2.64. The molecule has 5 heteroatoms. The molecule has 0 aliphatic heterocycles. The van der Waals surface area contributed by atoms with Crippen LogP contribution in [0.2, 0.25) is 0 Å². The first kappa shape index (κ1) is 13.5. The Hall–Kier alpha value is -1.96. The van der Waals surface area contributed by atoms with Gasteiger partial charge in [-0.05, 0) is 17.7 Å². The SMILES string of the molecule is O=[C-]Nc1nc2ccccn2c1-c1ccccc1.[Re]. The number of benzene rings is 1. The summed E-state index contributed by atoms with van der Waals surface area (Å²) in [6, 6.07) is 15.5. The molecule has 2 heterocycles. The van der Waals surface area contributed by atoms with E-state index >= 15 is 0 Å². The zero-order chi connectivity index (χ0) is 12.4. The molecule has 95 valence electrons. The number of carbonyl (C=O) groups excluding carboxylic acids is 1. The van der Waals surface area contributed by atoms with Gasteiger partial charge >= 0.3 is 0 Å². The molecule has 0 atom stereocenters. The molecule has 0 unspecified atom stereocenters. The molecule has 4 nitrogen and oxygen atoms in total. The van der Waals surface area contributed by atoms with Crippen molar-refractivity contribution in [2.24, 2.45) is 0 Å². The van der Waals surface area contributed by atoms with E-state index < -0.39 is 0 Å². The third-order valence-corrected chi connectivity index (χ3v) is 2.75. The fourth-order valence-electron chi connectivity index (χ4n) is 2.00. The Balaban J connectivity index is 0.00000133. The molecule has 0 spiro atoms. The molecule has 1 radical (unpaired) electrons. The Morgan fingerprint density at radius 3 is 2.53 bits per heavy atom. The van der Waals surface area contributed by atoms with E-state index in [-0.39, 0.29) is 20.4 Å². The van der Waals surface area contributed by atoms with Gasteiger partial charge in [0.2, 0.25) is 0 Å². The van der Waals surface area contributed by atoms with Gasteiger partial charge < -0.3 is 19.5 Å². The van der Waals surface area contributed by atoms with Crippen LogP contribution in [-0.2, 0) is 25.2 Å². The minimum absolute atomic E-state index is 0. The van der Waals surface area contributed by atoms with Gasteiger partial charge in [0.15, 0.2) is 0 Å². The number of imidazole rings is 1. The summed E-state index contributed by atoms with van der Waals surface area (Å²) < 4.78 is 1.94. The largest absolute Gasteiger partial charge is 0.474 e. The number of hydrogen-bond acceptors (Lipinski definition) is 2. The number of pyridine rings is 1. The molecule has 0 fully saturated rings. The fourth-order valence-corrected chi connectivity index (χ4v) is 2.00. The zero-order valence-corrected chi connectivity index (χ0v) is 12.6. The number of hydrogen-bond donors (Lipinski definition) is 1. The van der Waals surface area contributed by atoms with Crippen LogP contribution in [-0.4, -0.2) is 15.8 Å². The van der Waals surface area contributed by atoms with Gasteiger partial charge in [0.1, 0.15) is 5.65 Å².